The first-order valence-corrected chi connectivity index (χ1v) is 8.31. The maximum atomic E-state index is 11.9. The van der Waals surface area contributed by atoms with Gasteiger partial charge >= 0.3 is 0 Å². The molecule has 5 nitrogen and oxygen atoms in total. The standard InChI is InChI=1S/C15H20N4OS/c1-10-3-4-13-11(7-10)18-14(19(13)2)5-6-16-15(20)12-8-21-9-17-12/h3-4,7,12,17H,5-6,8-9H2,1-2H3,(H,16,20)/t12-/m0/s1. The lowest BCUT2D eigenvalue weighted by molar-refractivity contribution is -0.122. The van der Waals surface area contributed by atoms with Crippen molar-refractivity contribution in [2.75, 3.05) is 18.2 Å². The van der Waals surface area contributed by atoms with Gasteiger partial charge in [-0.3, -0.25) is 10.1 Å². The monoisotopic (exact) mass is 304 g/mol. The Morgan fingerprint density at radius 1 is 1.57 bits per heavy atom. The Hall–Kier alpha value is -1.53. The molecule has 1 aliphatic rings. The highest BCUT2D eigenvalue weighted by molar-refractivity contribution is 7.99. The fourth-order valence-corrected chi connectivity index (χ4v) is 3.51. The zero-order valence-electron chi connectivity index (χ0n) is 12.3. The summed E-state index contributed by atoms with van der Waals surface area (Å²) in [5, 5.41) is 6.16. The molecule has 0 spiro atoms. The largest absolute Gasteiger partial charge is 0.354 e. The summed E-state index contributed by atoms with van der Waals surface area (Å²) in [6.07, 6.45) is 0.746. The van der Waals surface area contributed by atoms with E-state index in [4.69, 9.17) is 0 Å². The first kappa shape index (κ1) is 14.4. The van der Waals surface area contributed by atoms with Crippen LogP contribution in [0, 0.1) is 6.92 Å². The van der Waals surface area contributed by atoms with E-state index in [1.807, 2.05) is 7.05 Å². The number of carbonyl (C=O) groups excluding carboxylic acids is 1. The molecule has 6 heteroatoms. The number of amides is 1. The Labute approximate surface area is 128 Å². The lowest BCUT2D eigenvalue weighted by atomic mass is 10.2. The van der Waals surface area contributed by atoms with Crippen molar-refractivity contribution in [3.63, 3.8) is 0 Å². The van der Waals surface area contributed by atoms with Crippen LogP contribution in [-0.4, -0.2) is 39.7 Å². The molecule has 21 heavy (non-hydrogen) atoms. The van der Waals surface area contributed by atoms with Crippen molar-refractivity contribution in [2.24, 2.45) is 7.05 Å². The van der Waals surface area contributed by atoms with Crippen molar-refractivity contribution < 1.29 is 4.79 Å². The second-order valence-electron chi connectivity index (χ2n) is 5.39. The van der Waals surface area contributed by atoms with Gasteiger partial charge in [-0.15, -0.1) is 11.8 Å². The molecular formula is C15H20N4OS. The molecule has 112 valence electrons. The van der Waals surface area contributed by atoms with Crippen LogP contribution in [-0.2, 0) is 18.3 Å². The number of carbonyl (C=O) groups is 1. The predicted octanol–water partition coefficient (Wildman–Crippen LogP) is 1.20. The fourth-order valence-electron chi connectivity index (χ4n) is 2.57. The first-order chi connectivity index (χ1) is 10.1. The lowest BCUT2D eigenvalue weighted by Crippen LogP contribution is -2.42. The van der Waals surface area contributed by atoms with Crippen molar-refractivity contribution in [3.05, 3.63) is 29.6 Å². The number of hydrogen-bond acceptors (Lipinski definition) is 4. The van der Waals surface area contributed by atoms with Crippen molar-refractivity contribution in [3.8, 4) is 0 Å². The minimum Gasteiger partial charge on any atom is -0.354 e. The lowest BCUT2D eigenvalue weighted by Gasteiger charge is -2.10. The van der Waals surface area contributed by atoms with E-state index in [2.05, 4.69) is 45.3 Å². The van der Waals surface area contributed by atoms with Gasteiger partial charge in [-0.25, -0.2) is 4.98 Å². The third-order valence-electron chi connectivity index (χ3n) is 3.81. The second-order valence-corrected chi connectivity index (χ2v) is 6.42. The van der Waals surface area contributed by atoms with Gasteiger partial charge < -0.3 is 9.88 Å². The molecule has 0 radical (unpaired) electrons. The van der Waals surface area contributed by atoms with Crippen LogP contribution in [0.5, 0.6) is 0 Å². The minimum atomic E-state index is -0.0434. The van der Waals surface area contributed by atoms with E-state index in [0.29, 0.717) is 6.54 Å². The van der Waals surface area contributed by atoms with Gasteiger partial charge in [-0.2, -0.15) is 0 Å². The second kappa shape index (κ2) is 6.07. The van der Waals surface area contributed by atoms with Gasteiger partial charge in [0.2, 0.25) is 5.91 Å². The molecule has 0 bridgehead atoms. The topological polar surface area (TPSA) is 59.0 Å². The van der Waals surface area contributed by atoms with Gasteiger partial charge in [0.05, 0.1) is 17.1 Å². The van der Waals surface area contributed by atoms with Crippen molar-refractivity contribution in [1.82, 2.24) is 20.2 Å². The van der Waals surface area contributed by atoms with Crippen LogP contribution < -0.4 is 10.6 Å². The zero-order valence-corrected chi connectivity index (χ0v) is 13.2. The Bertz CT molecular complexity index is 661. The molecule has 2 N–H and O–H groups in total. The molecule has 1 fully saturated rings. The molecule has 1 amide bonds. The maximum absolute atomic E-state index is 11.9. The highest BCUT2D eigenvalue weighted by Gasteiger charge is 2.21. The number of aromatic nitrogens is 2. The number of imidazole rings is 1. The molecule has 1 atom stereocenters. The summed E-state index contributed by atoms with van der Waals surface area (Å²) in [6, 6.07) is 6.24. The number of rotatable bonds is 4. The number of thioether (sulfide) groups is 1. The van der Waals surface area contributed by atoms with E-state index in [1.165, 1.54) is 5.56 Å². The van der Waals surface area contributed by atoms with Crippen LogP contribution in [0.1, 0.15) is 11.4 Å². The van der Waals surface area contributed by atoms with Gasteiger partial charge in [0.1, 0.15) is 5.82 Å². The summed E-state index contributed by atoms with van der Waals surface area (Å²) in [4.78, 5) is 16.6. The highest BCUT2D eigenvalue weighted by Crippen LogP contribution is 2.16. The normalized spacial score (nSPS) is 18.3. The SMILES string of the molecule is Cc1ccc2c(c1)nc(CCNC(=O)[C@@H]1CSCN1)n2C. The van der Waals surface area contributed by atoms with Gasteiger partial charge in [-0.1, -0.05) is 6.07 Å². The maximum Gasteiger partial charge on any atom is 0.238 e. The van der Waals surface area contributed by atoms with E-state index in [9.17, 15) is 4.79 Å². The first-order valence-electron chi connectivity index (χ1n) is 7.16. The summed E-state index contributed by atoms with van der Waals surface area (Å²) >= 11 is 1.76. The molecular weight excluding hydrogens is 284 g/mol. The van der Waals surface area contributed by atoms with Crippen LogP contribution in [0.25, 0.3) is 11.0 Å². The number of hydrogen-bond donors (Lipinski definition) is 2. The Kier molecular flexibility index (Phi) is 4.17. The molecule has 1 saturated heterocycles. The Balaban J connectivity index is 1.62. The zero-order chi connectivity index (χ0) is 14.8. The van der Waals surface area contributed by atoms with Gasteiger partial charge in [-0.05, 0) is 24.6 Å². The van der Waals surface area contributed by atoms with Crippen molar-refractivity contribution in [1.29, 1.82) is 0 Å². The summed E-state index contributed by atoms with van der Waals surface area (Å²) in [6.45, 7) is 2.69. The van der Waals surface area contributed by atoms with Crippen LogP contribution in [0.15, 0.2) is 18.2 Å². The number of nitrogens with zero attached hydrogens (tertiary/aromatic N) is 2. The molecule has 2 heterocycles. The molecule has 1 aliphatic heterocycles. The fraction of sp³-hybridized carbons (Fsp3) is 0.467. The third-order valence-corrected chi connectivity index (χ3v) is 4.75. The van der Waals surface area contributed by atoms with Crippen molar-refractivity contribution >= 4 is 28.7 Å². The molecule has 3 rings (SSSR count). The molecule has 0 aliphatic carbocycles. The number of fused-ring (bicyclic) bond motifs is 1. The van der Waals surface area contributed by atoms with E-state index in [0.717, 1.165) is 34.9 Å². The quantitative estimate of drug-likeness (QED) is 0.891. The van der Waals surface area contributed by atoms with Crippen LogP contribution in [0.3, 0.4) is 0 Å². The number of aryl methyl sites for hydroxylation is 2. The molecule has 1 aromatic heterocycles. The van der Waals surface area contributed by atoms with E-state index in [1.54, 1.807) is 11.8 Å². The average molecular weight is 304 g/mol. The smallest absolute Gasteiger partial charge is 0.238 e. The molecule has 0 saturated carbocycles. The number of nitrogens with one attached hydrogen (secondary N) is 2. The highest BCUT2D eigenvalue weighted by atomic mass is 32.2. The Morgan fingerprint density at radius 2 is 2.43 bits per heavy atom. The van der Waals surface area contributed by atoms with Gasteiger partial charge in [0.25, 0.3) is 0 Å². The van der Waals surface area contributed by atoms with Gasteiger partial charge in [0.15, 0.2) is 0 Å². The van der Waals surface area contributed by atoms with E-state index >= 15 is 0 Å². The van der Waals surface area contributed by atoms with E-state index in [-0.39, 0.29) is 11.9 Å². The Morgan fingerprint density at radius 3 is 3.19 bits per heavy atom. The average Bonchev–Trinajstić information content (AvgIpc) is 3.08. The third kappa shape index (κ3) is 3.06. The molecule has 0 unspecified atom stereocenters. The summed E-state index contributed by atoms with van der Waals surface area (Å²) in [7, 11) is 2.02. The summed E-state index contributed by atoms with van der Waals surface area (Å²) < 4.78 is 2.10. The number of benzene rings is 1. The predicted molar refractivity (Wildman–Crippen MR) is 86.4 cm³/mol. The summed E-state index contributed by atoms with van der Waals surface area (Å²) in [5.74, 6) is 2.82. The minimum absolute atomic E-state index is 0.0434. The van der Waals surface area contributed by atoms with Gasteiger partial charge in [0, 0.05) is 31.6 Å². The van der Waals surface area contributed by atoms with Crippen LogP contribution in [0.4, 0.5) is 0 Å². The van der Waals surface area contributed by atoms with Crippen LogP contribution in [0.2, 0.25) is 0 Å². The summed E-state index contributed by atoms with van der Waals surface area (Å²) in [5.41, 5.74) is 3.37. The molecule has 1 aromatic carbocycles. The van der Waals surface area contributed by atoms with E-state index < -0.39 is 0 Å². The van der Waals surface area contributed by atoms with Crippen molar-refractivity contribution in [2.45, 2.75) is 19.4 Å². The van der Waals surface area contributed by atoms with Crippen LogP contribution >= 0.6 is 11.8 Å². The molecule has 2 aromatic rings.